The van der Waals surface area contributed by atoms with E-state index in [1.165, 1.54) is 7.11 Å². The van der Waals surface area contributed by atoms with Crippen molar-refractivity contribution in [2.45, 2.75) is 44.9 Å². The van der Waals surface area contributed by atoms with Crippen LogP contribution in [0.5, 0.6) is 0 Å². The van der Waals surface area contributed by atoms with Gasteiger partial charge in [0.2, 0.25) is 17.5 Å². The Morgan fingerprint density at radius 1 is 1.32 bits per heavy atom. The number of ketones is 1. The van der Waals surface area contributed by atoms with Crippen LogP contribution in [0.2, 0.25) is 0 Å². The Morgan fingerprint density at radius 2 is 1.89 bits per heavy atom. The topological polar surface area (TPSA) is 65.2 Å². The second kappa shape index (κ2) is 5.68. The number of hydrogen-bond donors (Lipinski definition) is 0. The normalized spacial score (nSPS) is 12.7. The molecule has 1 aromatic heterocycles. The maximum absolute atomic E-state index is 12.1. The summed E-state index contributed by atoms with van der Waals surface area (Å²) < 4.78 is 46.3. The standard InChI is InChI=1S/C11H15F3N2O3/c1-4-10(5-2,18-3)9-15-8(19-16-9)6-7(17)11(12,13)14/h4-6H2,1-3H3. The van der Waals surface area contributed by atoms with Gasteiger partial charge < -0.3 is 9.26 Å². The van der Waals surface area contributed by atoms with E-state index in [1.807, 2.05) is 13.8 Å². The third kappa shape index (κ3) is 3.31. The summed E-state index contributed by atoms with van der Waals surface area (Å²) in [5.74, 6) is -2.12. The zero-order valence-corrected chi connectivity index (χ0v) is 10.9. The molecule has 0 radical (unpaired) electrons. The van der Waals surface area contributed by atoms with E-state index in [0.717, 1.165) is 0 Å². The van der Waals surface area contributed by atoms with Crippen molar-refractivity contribution in [3.63, 3.8) is 0 Å². The molecule has 0 amide bonds. The molecule has 0 spiro atoms. The van der Waals surface area contributed by atoms with Crippen molar-refractivity contribution in [3.8, 4) is 0 Å². The first-order valence-corrected chi connectivity index (χ1v) is 5.77. The number of ether oxygens (including phenoxy) is 1. The summed E-state index contributed by atoms with van der Waals surface area (Å²) in [7, 11) is 1.46. The molecule has 0 saturated heterocycles. The number of rotatable bonds is 6. The van der Waals surface area contributed by atoms with Crippen molar-refractivity contribution in [1.82, 2.24) is 10.1 Å². The van der Waals surface area contributed by atoms with Crippen LogP contribution in [0.1, 0.15) is 38.4 Å². The van der Waals surface area contributed by atoms with E-state index in [0.29, 0.717) is 12.8 Å². The van der Waals surface area contributed by atoms with Gasteiger partial charge in [-0.3, -0.25) is 4.79 Å². The fourth-order valence-corrected chi connectivity index (χ4v) is 1.70. The van der Waals surface area contributed by atoms with Gasteiger partial charge in [0.15, 0.2) is 0 Å². The average Bonchev–Trinajstić information content (AvgIpc) is 2.80. The number of hydrogen-bond acceptors (Lipinski definition) is 5. The second-order valence-electron chi connectivity index (χ2n) is 4.01. The summed E-state index contributed by atoms with van der Waals surface area (Å²) in [4.78, 5) is 14.6. The zero-order valence-electron chi connectivity index (χ0n) is 10.9. The summed E-state index contributed by atoms with van der Waals surface area (Å²) in [5, 5.41) is 3.61. The molecule has 0 aliphatic heterocycles. The average molecular weight is 280 g/mol. The molecule has 5 nitrogen and oxygen atoms in total. The Kier molecular flexibility index (Phi) is 4.67. The van der Waals surface area contributed by atoms with E-state index in [2.05, 4.69) is 14.7 Å². The summed E-state index contributed by atoms with van der Waals surface area (Å²) in [6.45, 7) is 3.67. The molecular weight excluding hydrogens is 265 g/mol. The van der Waals surface area contributed by atoms with E-state index >= 15 is 0 Å². The number of aromatic nitrogens is 2. The molecule has 108 valence electrons. The van der Waals surface area contributed by atoms with Crippen LogP contribution in [0.4, 0.5) is 13.2 Å². The lowest BCUT2D eigenvalue weighted by Crippen LogP contribution is -2.28. The highest BCUT2D eigenvalue weighted by Gasteiger charge is 2.40. The monoisotopic (exact) mass is 280 g/mol. The fourth-order valence-electron chi connectivity index (χ4n) is 1.70. The lowest BCUT2D eigenvalue weighted by Gasteiger charge is -2.25. The largest absolute Gasteiger partial charge is 0.450 e. The highest BCUT2D eigenvalue weighted by molar-refractivity contribution is 5.85. The van der Waals surface area contributed by atoms with E-state index in [4.69, 9.17) is 4.74 Å². The number of halogens is 3. The van der Waals surface area contributed by atoms with Crippen molar-refractivity contribution in [2.75, 3.05) is 7.11 Å². The van der Waals surface area contributed by atoms with Gasteiger partial charge in [-0.15, -0.1) is 0 Å². The number of nitrogens with zero attached hydrogens (tertiary/aromatic N) is 2. The van der Waals surface area contributed by atoms with Crippen LogP contribution in [0, 0.1) is 0 Å². The molecule has 0 atom stereocenters. The van der Waals surface area contributed by atoms with Gasteiger partial charge in [-0.25, -0.2) is 0 Å². The number of carbonyl (C=O) groups is 1. The maximum atomic E-state index is 12.1. The molecule has 0 N–H and O–H groups in total. The van der Waals surface area contributed by atoms with Crippen LogP contribution < -0.4 is 0 Å². The Morgan fingerprint density at radius 3 is 2.32 bits per heavy atom. The summed E-state index contributed by atoms with van der Waals surface area (Å²) in [5.41, 5.74) is -0.803. The van der Waals surface area contributed by atoms with Gasteiger partial charge in [-0.05, 0) is 12.8 Å². The van der Waals surface area contributed by atoms with Crippen molar-refractivity contribution in [3.05, 3.63) is 11.7 Å². The minimum absolute atomic E-state index is 0.157. The Balaban J connectivity index is 2.91. The maximum Gasteiger partial charge on any atom is 0.450 e. The van der Waals surface area contributed by atoms with E-state index in [-0.39, 0.29) is 11.7 Å². The van der Waals surface area contributed by atoms with Crippen LogP contribution in [0.3, 0.4) is 0 Å². The Bertz CT molecular complexity index is 430. The molecule has 0 saturated carbocycles. The first kappa shape index (κ1) is 15.6. The van der Waals surface area contributed by atoms with Crippen molar-refractivity contribution < 1.29 is 27.2 Å². The molecule has 0 aromatic carbocycles. The molecule has 0 fully saturated rings. The second-order valence-corrected chi connectivity index (χ2v) is 4.01. The van der Waals surface area contributed by atoms with Gasteiger partial charge in [-0.2, -0.15) is 18.2 Å². The predicted octanol–water partition coefficient (Wildman–Crippen LogP) is 2.41. The lowest BCUT2D eigenvalue weighted by molar-refractivity contribution is -0.170. The smallest absolute Gasteiger partial charge is 0.370 e. The van der Waals surface area contributed by atoms with Gasteiger partial charge in [0.1, 0.15) is 5.60 Å². The van der Waals surface area contributed by atoms with Crippen LogP contribution >= 0.6 is 0 Å². The van der Waals surface area contributed by atoms with Crippen molar-refractivity contribution in [1.29, 1.82) is 0 Å². The van der Waals surface area contributed by atoms with Gasteiger partial charge in [0, 0.05) is 7.11 Å². The predicted molar refractivity (Wildman–Crippen MR) is 58.3 cm³/mol. The SMILES string of the molecule is CCC(CC)(OC)c1noc(CC(=O)C(F)(F)F)n1. The van der Waals surface area contributed by atoms with Crippen LogP contribution in [-0.4, -0.2) is 29.2 Å². The van der Waals surface area contributed by atoms with Crippen molar-refractivity contribution >= 4 is 5.78 Å². The molecule has 19 heavy (non-hydrogen) atoms. The number of methoxy groups -OCH3 is 1. The summed E-state index contributed by atoms with van der Waals surface area (Å²) in [6, 6.07) is 0. The highest BCUT2D eigenvalue weighted by atomic mass is 19.4. The molecule has 0 bridgehead atoms. The van der Waals surface area contributed by atoms with Crippen LogP contribution in [0.15, 0.2) is 4.52 Å². The molecule has 1 heterocycles. The van der Waals surface area contributed by atoms with Crippen molar-refractivity contribution in [2.24, 2.45) is 0 Å². The Hall–Kier alpha value is -1.44. The molecule has 1 aromatic rings. The first-order valence-electron chi connectivity index (χ1n) is 5.77. The van der Waals surface area contributed by atoms with Gasteiger partial charge in [0.25, 0.3) is 0 Å². The summed E-state index contributed by atoms with van der Waals surface area (Å²) in [6.07, 6.45) is -4.79. The zero-order chi connectivity index (χ0) is 14.7. The lowest BCUT2D eigenvalue weighted by atomic mass is 9.96. The molecule has 1 rings (SSSR count). The molecule has 0 aliphatic rings. The molecule has 0 aliphatic carbocycles. The minimum atomic E-state index is -4.90. The van der Waals surface area contributed by atoms with E-state index in [1.54, 1.807) is 0 Å². The number of alkyl halides is 3. The van der Waals surface area contributed by atoms with Gasteiger partial charge in [-0.1, -0.05) is 19.0 Å². The minimum Gasteiger partial charge on any atom is -0.370 e. The molecule has 8 heteroatoms. The Labute approximate surface area is 108 Å². The fraction of sp³-hybridized carbons (Fsp3) is 0.727. The molecular formula is C11H15F3N2O3. The first-order chi connectivity index (χ1) is 8.79. The van der Waals surface area contributed by atoms with E-state index < -0.39 is 24.0 Å². The van der Waals surface area contributed by atoms with E-state index in [9.17, 15) is 18.0 Å². The van der Waals surface area contributed by atoms with Gasteiger partial charge in [0.05, 0.1) is 6.42 Å². The molecule has 0 unspecified atom stereocenters. The van der Waals surface area contributed by atoms with Crippen LogP contribution in [-0.2, 0) is 21.6 Å². The summed E-state index contributed by atoms with van der Waals surface area (Å²) >= 11 is 0. The van der Waals surface area contributed by atoms with Gasteiger partial charge >= 0.3 is 6.18 Å². The number of carbonyl (C=O) groups excluding carboxylic acids is 1. The van der Waals surface area contributed by atoms with Crippen LogP contribution in [0.25, 0.3) is 0 Å². The number of Topliss-reactive ketones (excluding diaryl/α,β-unsaturated/α-hetero) is 1. The third-order valence-electron chi connectivity index (χ3n) is 3.04. The third-order valence-corrected chi connectivity index (χ3v) is 3.04. The highest BCUT2D eigenvalue weighted by Crippen LogP contribution is 2.30. The quantitative estimate of drug-likeness (QED) is 0.800.